The molecule has 0 radical (unpaired) electrons. The van der Waals surface area contributed by atoms with E-state index in [1.807, 2.05) is 6.92 Å². The normalized spacial score (nSPS) is 10.4. The molecule has 21 heavy (non-hydrogen) atoms. The second-order valence-electron chi connectivity index (χ2n) is 4.62. The van der Waals surface area contributed by atoms with Crippen LogP contribution in [0.1, 0.15) is 27.4 Å². The largest absolute Gasteiger partial charge is 0.478 e. The quantitative estimate of drug-likeness (QED) is 0.647. The van der Waals surface area contributed by atoms with Gasteiger partial charge in [-0.1, -0.05) is 6.07 Å². The topological polar surface area (TPSA) is 106 Å². The number of anilines is 1. The molecular weight excluding hydrogens is 276 g/mol. The summed E-state index contributed by atoms with van der Waals surface area (Å²) in [5.41, 5.74) is 1.30. The van der Waals surface area contributed by atoms with Crippen LogP contribution in [-0.2, 0) is 6.54 Å². The summed E-state index contributed by atoms with van der Waals surface area (Å²) < 4.78 is 5.32. The zero-order valence-electron chi connectivity index (χ0n) is 11.5. The van der Waals surface area contributed by atoms with Crippen LogP contribution < -0.4 is 5.32 Å². The number of carboxylic acid groups (broad SMARTS) is 1. The lowest BCUT2D eigenvalue weighted by molar-refractivity contribution is -0.384. The monoisotopic (exact) mass is 290 g/mol. The Kier molecular flexibility index (Phi) is 3.93. The number of nitrogens with one attached hydrogen (secondary N) is 1. The predicted molar refractivity (Wildman–Crippen MR) is 75.6 cm³/mol. The molecule has 0 unspecified atom stereocenters. The summed E-state index contributed by atoms with van der Waals surface area (Å²) in [6.07, 6.45) is 0. The van der Waals surface area contributed by atoms with Crippen molar-refractivity contribution < 1.29 is 19.2 Å². The zero-order valence-corrected chi connectivity index (χ0v) is 11.5. The molecule has 0 atom stereocenters. The van der Waals surface area contributed by atoms with E-state index in [-0.39, 0.29) is 17.8 Å². The predicted octanol–water partition coefficient (Wildman–Crippen LogP) is 3.11. The Labute approximate surface area is 120 Å². The first-order valence-electron chi connectivity index (χ1n) is 6.20. The Morgan fingerprint density at radius 3 is 2.67 bits per heavy atom. The molecule has 2 N–H and O–H groups in total. The number of nitro benzene ring substituents is 1. The van der Waals surface area contributed by atoms with Gasteiger partial charge in [0.15, 0.2) is 0 Å². The van der Waals surface area contributed by atoms with Gasteiger partial charge in [-0.05, 0) is 31.5 Å². The number of nitrogens with zero attached hydrogens (tertiary/aromatic N) is 1. The minimum atomic E-state index is -1.07. The van der Waals surface area contributed by atoms with E-state index in [4.69, 9.17) is 9.52 Å². The van der Waals surface area contributed by atoms with Gasteiger partial charge >= 0.3 is 5.97 Å². The van der Waals surface area contributed by atoms with E-state index in [1.54, 1.807) is 19.1 Å². The van der Waals surface area contributed by atoms with Crippen molar-refractivity contribution in [1.82, 2.24) is 0 Å². The van der Waals surface area contributed by atoms with Gasteiger partial charge in [-0.2, -0.15) is 0 Å². The molecule has 0 bridgehead atoms. The molecule has 0 amide bonds. The van der Waals surface area contributed by atoms with Crippen LogP contribution in [-0.4, -0.2) is 16.0 Å². The summed E-state index contributed by atoms with van der Waals surface area (Å²) in [6.45, 7) is 3.55. The van der Waals surface area contributed by atoms with E-state index in [0.717, 1.165) is 5.56 Å². The molecule has 0 aliphatic heterocycles. The van der Waals surface area contributed by atoms with Gasteiger partial charge in [0.25, 0.3) is 5.69 Å². The van der Waals surface area contributed by atoms with Crippen molar-refractivity contribution in [2.24, 2.45) is 0 Å². The van der Waals surface area contributed by atoms with Crippen LogP contribution in [0.3, 0.4) is 0 Å². The van der Waals surface area contributed by atoms with E-state index in [2.05, 4.69) is 5.32 Å². The van der Waals surface area contributed by atoms with Gasteiger partial charge in [-0.25, -0.2) is 4.79 Å². The highest BCUT2D eigenvalue weighted by Crippen LogP contribution is 2.26. The van der Waals surface area contributed by atoms with Crippen molar-refractivity contribution in [1.29, 1.82) is 0 Å². The van der Waals surface area contributed by atoms with Crippen molar-refractivity contribution in [2.45, 2.75) is 20.4 Å². The number of nitro groups is 1. The van der Waals surface area contributed by atoms with Gasteiger partial charge in [0.1, 0.15) is 22.8 Å². The highest BCUT2D eigenvalue weighted by molar-refractivity contribution is 5.88. The van der Waals surface area contributed by atoms with Crippen LogP contribution >= 0.6 is 0 Å². The van der Waals surface area contributed by atoms with Crippen LogP contribution in [0.5, 0.6) is 0 Å². The second kappa shape index (κ2) is 5.66. The number of aromatic carboxylic acids is 1. The number of carboxylic acids is 1. The molecule has 1 heterocycles. The van der Waals surface area contributed by atoms with Gasteiger partial charge in [0.2, 0.25) is 0 Å². The Morgan fingerprint density at radius 1 is 1.38 bits per heavy atom. The molecule has 0 spiro atoms. The summed E-state index contributed by atoms with van der Waals surface area (Å²) in [5, 5.41) is 22.8. The fourth-order valence-electron chi connectivity index (χ4n) is 1.98. The van der Waals surface area contributed by atoms with Crippen LogP contribution in [0, 0.1) is 24.0 Å². The number of hydrogen-bond donors (Lipinski definition) is 2. The minimum Gasteiger partial charge on any atom is -0.478 e. The standard InChI is InChI=1S/C14H14N2O5/c1-8-3-4-13(16(19)20)12(5-8)15-7-10-6-11(14(17)18)9(2)21-10/h3-6,15H,7H2,1-2H3,(H,17,18). The van der Waals surface area contributed by atoms with Crippen LogP contribution in [0.25, 0.3) is 0 Å². The smallest absolute Gasteiger partial charge is 0.339 e. The lowest BCUT2D eigenvalue weighted by Gasteiger charge is -2.06. The third kappa shape index (κ3) is 3.19. The van der Waals surface area contributed by atoms with Crippen molar-refractivity contribution in [3.63, 3.8) is 0 Å². The molecule has 0 fully saturated rings. The summed E-state index contributed by atoms with van der Waals surface area (Å²) in [4.78, 5) is 21.4. The molecule has 0 aliphatic rings. The molecular formula is C14H14N2O5. The number of hydrogen-bond acceptors (Lipinski definition) is 5. The highest BCUT2D eigenvalue weighted by Gasteiger charge is 2.16. The van der Waals surface area contributed by atoms with Gasteiger partial charge in [0.05, 0.1) is 11.5 Å². The zero-order chi connectivity index (χ0) is 15.6. The van der Waals surface area contributed by atoms with Crippen LogP contribution in [0.15, 0.2) is 28.7 Å². The van der Waals surface area contributed by atoms with Crippen molar-refractivity contribution in [3.8, 4) is 0 Å². The lowest BCUT2D eigenvalue weighted by atomic mass is 10.2. The third-order valence-corrected chi connectivity index (χ3v) is 3.00. The summed E-state index contributed by atoms with van der Waals surface area (Å²) >= 11 is 0. The Balaban J connectivity index is 2.20. The average molecular weight is 290 g/mol. The maximum absolute atomic E-state index is 11.0. The molecule has 1 aromatic heterocycles. The maximum atomic E-state index is 11.0. The summed E-state index contributed by atoms with van der Waals surface area (Å²) in [6, 6.07) is 6.15. The molecule has 1 aromatic carbocycles. The van der Waals surface area contributed by atoms with Crippen molar-refractivity contribution in [2.75, 3.05) is 5.32 Å². The first-order chi connectivity index (χ1) is 9.88. The Bertz CT molecular complexity index is 705. The fraction of sp³-hybridized carbons (Fsp3) is 0.214. The molecule has 2 aromatic rings. The highest BCUT2D eigenvalue weighted by atomic mass is 16.6. The maximum Gasteiger partial charge on any atom is 0.339 e. The fourth-order valence-corrected chi connectivity index (χ4v) is 1.98. The molecule has 110 valence electrons. The lowest BCUT2D eigenvalue weighted by Crippen LogP contribution is -2.02. The number of benzene rings is 1. The van der Waals surface area contributed by atoms with E-state index < -0.39 is 10.9 Å². The molecule has 7 nitrogen and oxygen atoms in total. The number of furan rings is 1. The van der Waals surface area contributed by atoms with Gasteiger partial charge in [-0.3, -0.25) is 10.1 Å². The van der Waals surface area contributed by atoms with Crippen molar-refractivity contribution >= 4 is 17.3 Å². The van der Waals surface area contributed by atoms with Gasteiger partial charge in [-0.15, -0.1) is 0 Å². The molecule has 0 aliphatic carbocycles. The van der Waals surface area contributed by atoms with E-state index in [9.17, 15) is 14.9 Å². The first-order valence-corrected chi connectivity index (χ1v) is 6.20. The first kappa shape index (κ1) is 14.6. The Morgan fingerprint density at radius 2 is 2.10 bits per heavy atom. The van der Waals surface area contributed by atoms with E-state index >= 15 is 0 Å². The number of carbonyl (C=O) groups is 1. The van der Waals surface area contributed by atoms with E-state index in [1.165, 1.54) is 12.1 Å². The number of rotatable bonds is 5. The van der Waals surface area contributed by atoms with Crippen LogP contribution in [0.2, 0.25) is 0 Å². The van der Waals surface area contributed by atoms with Crippen LogP contribution in [0.4, 0.5) is 11.4 Å². The van der Waals surface area contributed by atoms with E-state index in [0.29, 0.717) is 17.2 Å². The third-order valence-electron chi connectivity index (χ3n) is 3.00. The molecule has 0 saturated carbocycles. The van der Waals surface area contributed by atoms with Gasteiger partial charge < -0.3 is 14.8 Å². The molecule has 0 saturated heterocycles. The molecule has 7 heteroatoms. The molecule has 2 rings (SSSR count). The Hall–Kier alpha value is -2.83. The number of aryl methyl sites for hydroxylation is 2. The van der Waals surface area contributed by atoms with Gasteiger partial charge in [0, 0.05) is 6.07 Å². The summed E-state index contributed by atoms with van der Waals surface area (Å²) in [5.74, 6) is -0.359. The average Bonchev–Trinajstić information content (AvgIpc) is 2.77. The minimum absolute atomic E-state index is 0.0395. The SMILES string of the molecule is Cc1ccc([N+](=O)[O-])c(NCc2cc(C(=O)O)c(C)o2)c1. The van der Waals surface area contributed by atoms with Crippen molar-refractivity contribution in [3.05, 3.63) is 57.0 Å². The second-order valence-corrected chi connectivity index (χ2v) is 4.62. The summed E-state index contributed by atoms with van der Waals surface area (Å²) in [7, 11) is 0.